The van der Waals surface area contributed by atoms with Crippen LogP contribution < -0.4 is 5.73 Å². The van der Waals surface area contributed by atoms with Crippen molar-refractivity contribution in [2.24, 2.45) is 11.1 Å². The number of ether oxygens (including phenoxy) is 1. The third-order valence-electron chi connectivity index (χ3n) is 2.92. The van der Waals surface area contributed by atoms with Crippen molar-refractivity contribution >= 4 is 18.4 Å². The van der Waals surface area contributed by atoms with Crippen molar-refractivity contribution in [3.8, 4) is 5.75 Å². The number of phenolic OH excluding ortho intramolecular Hbond substituents is 1. The van der Waals surface area contributed by atoms with E-state index >= 15 is 0 Å². The average Bonchev–Trinajstić information content (AvgIpc) is 2.34. The van der Waals surface area contributed by atoms with Crippen LogP contribution in [0.4, 0.5) is 8.78 Å². The summed E-state index contributed by atoms with van der Waals surface area (Å²) in [6.07, 6.45) is 0. The van der Waals surface area contributed by atoms with Gasteiger partial charge in [-0.3, -0.25) is 4.79 Å². The monoisotopic (exact) mass is 295 g/mol. The molecule has 1 aromatic rings. The molecule has 19 heavy (non-hydrogen) atoms. The Morgan fingerprint density at radius 2 is 1.95 bits per heavy atom. The Balaban J connectivity index is 0.00000324. The molecule has 1 atom stereocenters. The molecule has 1 aromatic carbocycles. The van der Waals surface area contributed by atoms with Gasteiger partial charge in [-0.05, 0) is 19.9 Å². The molecule has 0 saturated carbocycles. The van der Waals surface area contributed by atoms with Gasteiger partial charge in [-0.25, -0.2) is 4.39 Å². The second-order valence-electron chi connectivity index (χ2n) is 4.49. The maximum atomic E-state index is 13.2. The SMILES string of the molecule is COC(=O)C(C)(C)[C@H](N)c1ccc(F)c(F)c1O.Cl. The van der Waals surface area contributed by atoms with E-state index in [4.69, 9.17) is 5.73 Å². The molecule has 0 aliphatic heterocycles. The molecule has 0 unspecified atom stereocenters. The molecule has 0 aromatic heterocycles. The summed E-state index contributed by atoms with van der Waals surface area (Å²) < 4.78 is 30.7. The van der Waals surface area contributed by atoms with Gasteiger partial charge in [-0.15, -0.1) is 12.4 Å². The zero-order valence-corrected chi connectivity index (χ0v) is 11.6. The summed E-state index contributed by atoms with van der Waals surface area (Å²) in [5.41, 5.74) is 4.58. The predicted molar refractivity (Wildman–Crippen MR) is 68.0 cm³/mol. The van der Waals surface area contributed by atoms with Gasteiger partial charge in [0.25, 0.3) is 0 Å². The number of carbonyl (C=O) groups excluding carboxylic acids is 1. The van der Waals surface area contributed by atoms with E-state index in [9.17, 15) is 18.7 Å². The first-order chi connectivity index (χ1) is 8.23. The number of methoxy groups -OCH3 is 1. The van der Waals surface area contributed by atoms with Gasteiger partial charge >= 0.3 is 5.97 Å². The Hall–Kier alpha value is -1.40. The summed E-state index contributed by atoms with van der Waals surface area (Å²) in [7, 11) is 1.20. The Bertz CT molecular complexity index is 480. The highest BCUT2D eigenvalue weighted by Crippen LogP contribution is 2.38. The number of hydrogen-bond donors (Lipinski definition) is 2. The van der Waals surface area contributed by atoms with Crippen LogP contribution in [0.1, 0.15) is 25.5 Å². The number of aromatic hydroxyl groups is 1. The molecule has 3 N–H and O–H groups in total. The molecule has 0 heterocycles. The lowest BCUT2D eigenvalue weighted by Crippen LogP contribution is -2.37. The van der Waals surface area contributed by atoms with E-state index < -0.39 is 34.8 Å². The van der Waals surface area contributed by atoms with Crippen LogP contribution in [0.5, 0.6) is 5.75 Å². The molecule has 1 rings (SSSR count). The lowest BCUT2D eigenvalue weighted by molar-refractivity contribution is -0.152. The van der Waals surface area contributed by atoms with E-state index in [1.807, 2.05) is 0 Å². The lowest BCUT2D eigenvalue weighted by Gasteiger charge is -2.29. The first-order valence-electron chi connectivity index (χ1n) is 5.24. The number of hydrogen-bond acceptors (Lipinski definition) is 4. The van der Waals surface area contributed by atoms with Gasteiger partial charge in [0.1, 0.15) is 0 Å². The Kier molecular flexibility index (Phi) is 5.71. The molecule has 0 saturated heterocycles. The molecule has 7 heteroatoms. The molecule has 108 valence electrons. The number of rotatable bonds is 3. The van der Waals surface area contributed by atoms with Crippen LogP contribution in [-0.2, 0) is 9.53 Å². The first-order valence-corrected chi connectivity index (χ1v) is 5.24. The predicted octanol–water partition coefficient (Wildman–Crippen LogP) is 2.29. The molecule has 4 nitrogen and oxygen atoms in total. The third-order valence-corrected chi connectivity index (χ3v) is 2.92. The Labute approximate surface area is 116 Å². The molecule has 0 radical (unpaired) electrons. The smallest absolute Gasteiger partial charge is 0.313 e. The quantitative estimate of drug-likeness (QED) is 0.839. The van der Waals surface area contributed by atoms with Crippen molar-refractivity contribution < 1.29 is 23.4 Å². The van der Waals surface area contributed by atoms with E-state index in [1.165, 1.54) is 21.0 Å². The van der Waals surface area contributed by atoms with Crippen molar-refractivity contribution in [3.05, 3.63) is 29.3 Å². The number of phenols is 1. The van der Waals surface area contributed by atoms with E-state index in [-0.39, 0.29) is 18.0 Å². The number of halogens is 3. The fourth-order valence-electron chi connectivity index (χ4n) is 1.58. The highest BCUT2D eigenvalue weighted by Gasteiger charge is 2.38. The normalized spacial score (nSPS) is 12.5. The van der Waals surface area contributed by atoms with Gasteiger partial charge in [0.2, 0.25) is 5.82 Å². The van der Waals surface area contributed by atoms with Crippen LogP contribution in [0.25, 0.3) is 0 Å². The number of benzene rings is 1. The van der Waals surface area contributed by atoms with E-state index in [0.29, 0.717) is 0 Å². The summed E-state index contributed by atoms with van der Waals surface area (Å²) in [6.45, 7) is 2.98. The number of carbonyl (C=O) groups is 1. The van der Waals surface area contributed by atoms with Gasteiger partial charge in [0, 0.05) is 11.6 Å². The van der Waals surface area contributed by atoms with Crippen molar-refractivity contribution in [1.82, 2.24) is 0 Å². The highest BCUT2D eigenvalue weighted by molar-refractivity contribution is 5.85. The molecule has 0 bridgehead atoms. The van der Waals surface area contributed by atoms with Gasteiger partial charge in [0.05, 0.1) is 12.5 Å². The zero-order chi connectivity index (χ0) is 14.1. The van der Waals surface area contributed by atoms with Gasteiger partial charge in [-0.2, -0.15) is 4.39 Å². The van der Waals surface area contributed by atoms with Gasteiger partial charge in [-0.1, -0.05) is 6.07 Å². The summed E-state index contributed by atoms with van der Waals surface area (Å²) in [5, 5.41) is 9.52. The molecular formula is C12H16ClF2NO3. The lowest BCUT2D eigenvalue weighted by atomic mass is 9.80. The fourth-order valence-corrected chi connectivity index (χ4v) is 1.58. The molecule has 0 fully saturated rings. The van der Waals surface area contributed by atoms with E-state index in [1.54, 1.807) is 0 Å². The van der Waals surface area contributed by atoms with Crippen LogP contribution in [0.15, 0.2) is 12.1 Å². The van der Waals surface area contributed by atoms with Crippen molar-refractivity contribution in [3.63, 3.8) is 0 Å². The maximum Gasteiger partial charge on any atom is 0.313 e. The fraction of sp³-hybridized carbons (Fsp3) is 0.417. The minimum absolute atomic E-state index is 0. The molecule has 0 aliphatic carbocycles. The van der Waals surface area contributed by atoms with E-state index in [2.05, 4.69) is 4.74 Å². The first kappa shape index (κ1) is 17.6. The number of nitrogens with two attached hydrogens (primary N) is 1. The third kappa shape index (κ3) is 3.13. The van der Waals surface area contributed by atoms with Gasteiger partial charge in [0.15, 0.2) is 11.6 Å². The van der Waals surface area contributed by atoms with Crippen LogP contribution >= 0.6 is 12.4 Å². The Morgan fingerprint density at radius 3 is 2.42 bits per heavy atom. The van der Waals surface area contributed by atoms with E-state index in [0.717, 1.165) is 12.1 Å². The zero-order valence-electron chi connectivity index (χ0n) is 10.7. The minimum atomic E-state index is -1.39. The van der Waals surface area contributed by atoms with Crippen LogP contribution in [-0.4, -0.2) is 18.2 Å². The largest absolute Gasteiger partial charge is 0.505 e. The maximum absolute atomic E-state index is 13.2. The van der Waals surface area contributed by atoms with Crippen molar-refractivity contribution in [1.29, 1.82) is 0 Å². The molecule has 0 amide bonds. The van der Waals surface area contributed by atoms with Gasteiger partial charge < -0.3 is 15.6 Å². The summed E-state index contributed by atoms with van der Waals surface area (Å²) in [4.78, 5) is 11.6. The standard InChI is InChI=1S/C12H15F2NO3.ClH/c1-12(2,11(17)18-3)10(15)6-4-5-7(13)8(14)9(6)16;/h4-5,10,16H,15H2,1-3H3;1H/t10-;/m1./s1. The molecule has 0 aliphatic rings. The molecular weight excluding hydrogens is 280 g/mol. The highest BCUT2D eigenvalue weighted by atomic mass is 35.5. The van der Waals surface area contributed by atoms with Crippen LogP contribution in [0.3, 0.4) is 0 Å². The second-order valence-corrected chi connectivity index (χ2v) is 4.49. The van der Waals surface area contributed by atoms with Crippen LogP contribution in [0.2, 0.25) is 0 Å². The van der Waals surface area contributed by atoms with Crippen molar-refractivity contribution in [2.75, 3.05) is 7.11 Å². The summed E-state index contributed by atoms with van der Waals surface area (Å²) in [6, 6.07) is 0.959. The minimum Gasteiger partial charge on any atom is -0.505 e. The molecule has 0 spiro atoms. The number of esters is 1. The average molecular weight is 296 g/mol. The topological polar surface area (TPSA) is 72.5 Å². The second kappa shape index (κ2) is 6.16. The van der Waals surface area contributed by atoms with Crippen LogP contribution in [0, 0.1) is 17.0 Å². The summed E-state index contributed by atoms with van der Waals surface area (Å²) >= 11 is 0. The van der Waals surface area contributed by atoms with Crippen molar-refractivity contribution in [2.45, 2.75) is 19.9 Å². The Morgan fingerprint density at radius 1 is 1.42 bits per heavy atom. The summed E-state index contributed by atoms with van der Waals surface area (Å²) in [5.74, 6) is -4.07.